The number of carbonyl (C=O) groups is 3. The van der Waals surface area contributed by atoms with Gasteiger partial charge in [-0.2, -0.15) is 0 Å². The summed E-state index contributed by atoms with van der Waals surface area (Å²) in [5.74, 6) is -1.29. The highest BCUT2D eigenvalue weighted by Crippen LogP contribution is 2.61. The van der Waals surface area contributed by atoms with E-state index in [1.54, 1.807) is 16.7 Å². The fourth-order valence-electron chi connectivity index (χ4n) is 7.90. The Morgan fingerprint density at radius 1 is 0.905 bits per heavy atom. The Bertz CT molecular complexity index is 1240. The second-order valence-electron chi connectivity index (χ2n) is 14.1. The van der Waals surface area contributed by atoms with Crippen molar-refractivity contribution in [3.63, 3.8) is 0 Å². The van der Waals surface area contributed by atoms with Gasteiger partial charge in [-0.1, -0.05) is 76.1 Å². The van der Waals surface area contributed by atoms with Gasteiger partial charge in [-0.3, -0.25) is 14.4 Å². The molecule has 1 spiro atoms. The fraction of sp³-hybridized carbons (Fsp3) is 0.618. The molecule has 0 saturated carbocycles. The molecule has 42 heavy (non-hydrogen) atoms. The van der Waals surface area contributed by atoms with Crippen molar-refractivity contribution in [2.45, 2.75) is 88.3 Å². The smallest absolute Gasteiger partial charge is 0.247 e. The lowest BCUT2D eigenvalue weighted by atomic mass is 9.77. The van der Waals surface area contributed by atoms with Crippen LogP contribution in [-0.4, -0.2) is 80.4 Å². The number of nitrogens with zero attached hydrogens (tertiary/aromatic N) is 3. The van der Waals surface area contributed by atoms with E-state index in [1.807, 2.05) is 46.2 Å². The van der Waals surface area contributed by atoms with Gasteiger partial charge in [-0.25, -0.2) is 0 Å². The SMILES string of the molecule is CC(C)(C)CC(C)(C)N1CC=C[C@]23S[C@@H]4C=CCN(c5ccccc5)C(=O)[C@@H]4[C@H]2C(=O)N(CCCCCCO)C3C1=O. The minimum atomic E-state index is -0.805. The zero-order valence-corrected chi connectivity index (χ0v) is 26.6. The lowest BCUT2D eigenvalue weighted by Crippen LogP contribution is -2.58. The summed E-state index contributed by atoms with van der Waals surface area (Å²) in [6.45, 7) is 12.4. The van der Waals surface area contributed by atoms with Crippen LogP contribution in [0.4, 0.5) is 5.69 Å². The molecule has 1 N–H and O–H groups in total. The number of fused-ring (bicyclic) bond motifs is 2. The summed E-state index contributed by atoms with van der Waals surface area (Å²) in [5.41, 5.74) is 0.432. The van der Waals surface area contributed by atoms with Gasteiger partial charge in [0, 0.05) is 42.7 Å². The Kier molecular flexibility index (Phi) is 8.70. The van der Waals surface area contributed by atoms with E-state index in [0.717, 1.165) is 37.8 Å². The normalized spacial score (nSPS) is 29.5. The summed E-state index contributed by atoms with van der Waals surface area (Å²) < 4.78 is -0.805. The third kappa shape index (κ3) is 5.57. The van der Waals surface area contributed by atoms with Crippen LogP contribution >= 0.6 is 11.8 Å². The molecule has 228 valence electrons. The number of unbranched alkanes of at least 4 members (excludes halogenated alkanes) is 3. The number of benzene rings is 1. The molecule has 0 aromatic heterocycles. The largest absolute Gasteiger partial charge is 0.396 e. The predicted molar refractivity (Wildman–Crippen MR) is 169 cm³/mol. The van der Waals surface area contributed by atoms with Crippen molar-refractivity contribution in [2.75, 3.05) is 31.1 Å². The van der Waals surface area contributed by atoms with E-state index < -0.39 is 28.2 Å². The molecule has 0 aliphatic carbocycles. The van der Waals surface area contributed by atoms with Crippen molar-refractivity contribution < 1.29 is 19.5 Å². The molecule has 3 amide bonds. The molecule has 0 bridgehead atoms. The van der Waals surface area contributed by atoms with Gasteiger partial charge in [-0.15, -0.1) is 11.8 Å². The second-order valence-corrected chi connectivity index (χ2v) is 15.6. The number of carbonyl (C=O) groups excluding carboxylic acids is 3. The van der Waals surface area contributed by atoms with Crippen molar-refractivity contribution in [3.05, 3.63) is 54.6 Å². The molecule has 4 heterocycles. The summed E-state index contributed by atoms with van der Waals surface area (Å²) in [4.78, 5) is 49.2. The Balaban J connectivity index is 1.54. The van der Waals surface area contributed by atoms with Crippen LogP contribution in [0.5, 0.6) is 0 Å². The number of rotatable bonds is 9. The number of hydrogen-bond acceptors (Lipinski definition) is 5. The van der Waals surface area contributed by atoms with Crippen molar-refractivity contribution in [2.24, 2.45) is 17.3 Å². The van der Waals surface area contributed by atoms with Gasteiger partial charge in [-0.05, 0) is 50.7 Å². The Morgan fingerprint density at radius 2 is 1.62 bits per heavy atom. The molecule has 5 atom stereocenters. The molecule has 1 aromatic carbocycles. The number of aliphatic hydroxyl groups excluding tert-OH is 1. The summed E-state index contributed by atoms with van der Waals surface area (Å²) in [6, 6.07) is 9.00. The zero-order valence-electron chi connectivity index (χ0n) is 25.8. The maximum Gasteiger partial charge on any atom is 0.247 e. The monoisotopic (exact) mass is 593 g/mol. The maximum absolute atomic E-state index is 14.8. The fourth-order valence-corrected chi connectivity index (χ4v) is 9.91. The first kappa shape index (κ1) is 30.9. The van der Waals surface area contributed by atoms with E-state index in [0.29, 0.717) is 19.6 Å². The van der Waals surface area contributed by atoms with E-state index in [1.165, 1.54) is 0 Å². The minimum Gasteiger partial charge on any atom is -0.396 e. The van der Waals surface area contributed by atoms with Gasteiger partial charge in [0.1, 0.15) is 6.04 Å². The third-order valence-corrected chi connectivity index (χ3v) is 11.0. The number of anilines is 1. The van der Waals surface area contributed by atoms with Crippen LogP contribution in [0.25, 0.3) is 0 Å². The molecule has 4 aliphatic rings. The van der Waals surface area contributed by atoms with E-state index in [-0.39, 0.29) is 35.0 Å². The summed E-state index contributed by atoms with van der Waals surface area (Å²) >= 11 is 1.64. The average molecular weight is 594 g/mol. The highest BCUT2D eigenvalue weighted by atomic mass is 32.2. The third-order valence-electron chi connectivity index (χ3n) is 9.23. The van der Waals surface area contributed by atoms with Crippen LogP contribution in [0, 0.1) is 17.3 Å². The Labute approximate surface area is 255 Å². The molecule has 1 aromatic rings. The Hall–Kier alpha value is -2.58. The van der Waals surface area contributed by atoms with E-state index in [4.69, 9.17) is 0 Å². The first-order valence-corrected chi connectivity index (χ1v) is 16.4. The van der Waals surface area contributed by atoms with Crippen LogP contribution in [0.1, 0.15) is 66.7 Å². The number of thioether (sulfide) groups is 1. The number of para-hydroxylation sites is 1. The molecule has 4 aliphatic heterocycles. The van der Waals surface area contributed by atoms with Gasteiger partial charge in [0.05, 0.1) is 16.6 Å². The first-order chi connectivity index (χ1) is 19.9. The van der Waals surface area contributed by atoms with Crippen molar-refractivity contribution in [1.29, 1.82) is 0 Å². The first-order valence-electron chi connectivity index (χ1n) is 15.5. The topological polar surface area (TPSA) is 81.2 Å². The van der Waals surface area contributed by atoms with E-state index >= 15 is 0 Å². The van der Waals surface area contributed by atoms with Gasteiger partial charge in [0.25, 0.3) is 0 Å². The average Bonchev–Trinajstić information content (AvgIpc) is 3.22. The number of hydrogen-bond donors (Lipinski definition) is 1. The van der Waals surface area contributed by atoms with Crippen LogP contribution in [0.3, 0.4) is 0 Å². The van der Waals surface area contributed by atoms with Gasteiger partial charge in [0.2, 0.25) is 17.7 Å². The quantitative estimate of drug-likeness (QED) is 0.320. The summed E-state index contributed by atoms with van der Waals surface area (Å²) in [5, 5.41) is 9.05. The van der Waals surface area contributed by atoms with Crippen LogP contribution in [0.2, 0.25) is 0 Å². The minimum absolute atomic E-state index is 0.0132. The molecule has 7 nitrogen and oxygen atoms in total. The number of aliphatic hydroxyl groups is 1. The van der Waals surface area contributed by atoms with Gasteiger partial charge >= 0.3 is 0 Å². The lowest BCUT2D eigenvalue weighted by Gasteiger charge is -2.44. The molecule has 2 saturated heterocycles. The molecule has 2 fully saturated rings. The molecular weight excluding hydrogens is 546 g/mol. The molecule has 0 radical (unpaired) electrons. The summed E-state index contributed by atoms with van der Waals surface area (Å²) in [7, 11) is 0. The zero-order chi connectivity index (χ0) is 30.3. The van der Waals surface area contributed by atoms with Crippen molar-refractivity contribution in [1.82, 2.24) is 9.80 Å². The van der Waals surface area contributed by atoms with Crippen molar-refractivity contribution in [3.8, 4) is 0 Å². The maximum atomic E-state index is 14.8. The van der Waals surface area contributed by atoms with Crippen molar-refractivity contribution >= 4 is 35.2 Å². The van der Waals surface area contributed by atoms with Crippen LogP contribution in [0.15, 0.2) is 54.6 Å². The highest BCUT2D eigenvalue weighted by molar-refractivity contribution is 8.02. The van der Waals surface area contributed by atoms with E-state index in [9.17, 15) is 19.5 Å². The molecule has 8 heteroatoms. The lowest BCUT2D eigenvalue weighted by molar-refractivity contribution is -0.146. The van der Waals surface area contributed by atoms with Crippen LogP contribution < -0.4 is 4.90 Å². The molecular formula is C34H47N3O4S. The van der Waals surface area contributed by atoms with Gasteiger partial charge in [0.15, 0.2) is 0 Å². The highest BCUT2D eigenvalue weighted by Gasteiger charge is 2.71. The molecule has 1 unspecified atom stereocenters. The van der Waals surface area contributed by atoms with E-state index in [2.05, 4.69) is 52.8 Å². The standard InChI is InChI=1S/C34H47N3O4S/c1-32(2,3)23-33(4,5)37-21-14-18-34-27(30(40)36(28(34)31(37)41)19-11-6-7-12-22-38)26-25(42-34)17-13-20-35(29(26)39)24-15-9-8-10-16-24/h8-10,13-18,25-28,38H,6-7,11-12,19-23H2,1-5H3/t25-,26+,27+,28?,34+/m1/s1. The number of likely N-dealkylation sites (tertiary alicyclic amines) is 1. The molecule has 5 rings (SSSR count). The predicted octanol–water partition coefficient (Wildman–Crippen LogP) is 5.05. The van der Waals surface area contributed by atoms with Gasteiger partial charge < -0.3 is 19.8 Å². The number of amides is 3. The summed E-state index contributed by atoms with van der Waals surface area (Å²) in [6.07, 6.45) is 12.4. The Morgan fingerprint density at radius 3 is 2.31 bits per heavy atom. The second kappa shape index (κ2) is 11.8. The van der Waals surface area contributed by atoms with Crippen LogP contribution in [-0.2, 0) is 14.4 Å².